The summed E-state index contributed by atoms with van der Waals surface area (Å²) in [6.07, 6.45) is 6.40. The molecule has 1 unspecified atom stereocenters. The highest BCUT2D eigenvalue weighted by molar-refractivity contribution is 7.09. The zero-order valence-electron chi connectivity index (χ0n) is 10.4. The van der Waals surface area contributed by atoms with E-state index in [1.54, 1.807) is 5.56 Å². The second kappa shape index (κ2) is 4.20. The van der Waals surface area contributed by atoms with E-state index in [9.17, 15) is 0 Å². The summed E-state index contributed by atoms with van der Waals surface area (Å²) in [5.41, 5.74) is 4.46. The van der Waals surface area contributed by atoms with E-state index >= 15 is 0 Å². The molecule has 2 aromatic rings. The zero-order chi connectivity index (χ0) is 11.9. The second-order valence-corrected chi connectivity index (χ2v) is 6.48. The molecule has 0 aliphatic heterocycles. The number of benzene rings is 1. The zero-order valence-corrected chi connectivity index (χ0v) is 11.2. The van der Waals surface area contributed by atoms with Crippen molar-refractivity contribution in [2.24, 2.45) is 0 Å². The predicted molar refractivity (Wildman–Crippen MR) is 75.3 cm³/mol. The van der Waals surface area contributed by atoms with Crippen LogP contribution >= 0.6 is 11.3 Å². The summed E-state index contributed by atoms with van der Waals surface area (Å²) in [5.74, 6) is 1.46. The molecule has 0 saturated heterocycles. The van der Waals surface area contributed by atoms with Crippen LogP contribution in [0, 0.1) is 0 Å². The van der Waals surface area contributed by atoms with Gasteiger partial charge in [-0.05, 0) is 43.2 Å². The van der Waals surface area contributed by atoms with Gasteiger partial charge in [0.15, 0.2) is 0 Å². The fourth-order valence-corrected chi connectivity index (χ4v) is 4.00. The summed E-state index contributed by atoms with van der Waals surface area (Å²) in [4.78, 5) is 4.89. The van der Waals surface area contributed by atoms with Crippen molar-refractivity contribution in [2.45, 2.75) is 43.9 Å². The van der Waals surface area contributed by atoms with Crippen molar-refractivity contribution in [3.63, 3.8) is 0 Å². The lowest BCUT2D eigenvalue weighted by Crippen LogP contribution is -2.12. The normalized spacial score (nSPS) is 22.8. The summed E-state index contributed by atoms with van der Waals surface area (Å²) >= 11 is 1.89. The van der Waals surface area contributed by atoms with Crippen LogP contribution in [0.5, 0.6) is 0 Å². The molecule has 0 N–H and O–H groups in total. The Hall–Kier alpha value is -1.15. The number of aromatic nitrogens is 1. The van der Waals surface area contributed by atoms with Crippen molar-refractivity contribution in [3.8, 4) is 0 Å². The van der Waals surface area contributed by atoms with Crippen LogP contribution in [-0.2, 0) is 12.8 Å². The average molecular weight is 255 g/mol. The van der Waals surface area contributed by atoms with E-state index in [0.29, 0.717) is 5.92 Å². The van der Waals surface area contributed by atoms with Gasteiger partial charge < -0.3 is 0 Å². The van der Waals surface area contributed by atoms with Crippen LogP contribution in [0.1, 0.15) is 52.9 Å². The largest absolute Gasteiger partial charge is 0.246 e. The highest BCUT2D eigenvalue weighted by Crippen LogP contribution is 2.42. The molecule has 0 amide bonds. The lowest BCUT2D eigenvalue weighted by molar-refractivity contribution is 0.580. The Morgan fingerprint density at radius 2 is 1.83 bits per heavy atom. The van der Waals surface area contributed by atoms with Gasteiger partial charge in [-0.3, -0.25) is 0 Å². The predicted octanol–water partition coefficient (Wildman–Crippen LogP) is 4.29. The molecule has 1 fully saturated rings. The van der Waals surface area contributed by atoms with Crippen molar-refractivity contribution in [1.29, 1.82) is 0 Å². The molecule has 1 saturated carbocycles. The maximum absolute atomic E-state index is 4.89. The lowest BCUT2D eigenvalue weighted by atomic mass is 9.84. The molecule has 1 nitrogen and oxygen atoms in total. The third kappa shape index (κ3) is 1.89. The Kier molecular flexibility index (Phi) is 2.51. The fraction of sp³-hybridized carbons (Fsp3) is 0.438. The Bertz CT molecular complexity index is 568. The van der Waals surface area contributed by atoms with E-state index in [1.165, 1.54) is 48.4 Å². The van der Waals surface area contributed by atoms with Gasteiger partial charge in [0, 0.05) is 17.2 Å². The Morgan fingerprint density at radius 3 is 2.67 bits per heavy atom. The minimum Gasteiger partial charge on any atom is -0.246 e. The topological polar surface area (TPSA) is 12.9 Å². The molecule has 2 heteroatoms. The third-order valence-electron chi connectivity index (χ3n) is 4.23. The number of nitrogens with zero attached hydrogens (tertiary/aromatic N) is 1. The summed E-state index contributed by atoms with van der Waals surface area (Å²) in [7, 11) is 0. The first kappa shape index (κ1) is 10.7. The summed E-state index contributed by atoms with van der Waals surface area (Å²) < 4.78 is 0. The van der Waals surface area contributed by atoms with E-state index in [0.717, 1.165) is 5.92 Å². The molecule has 2 aliphatic rings. The van der Waals surface area contributed by atoms with E-state index in [1.807, 2.05) is 11.3 Å². The van der Waals surface area contributed by atoms with Gasteiger partial charge in [0.05, 0.1) is 10.7 Å². The molecule has 0 radical (unpaired) electrons. The molecule has 1 atom stereocenters. The molecule has 2 aliphatic carbocycles. The van der Waals surface area contributed by atoms with Crippen LogP contribution in [0.25, 0.3) is 0 Å². The minimum atomic E-state index is 0.664. The van der Waals surface area contributed by atoms with Gasteiger partial charge in [0.25, 0.3) is 0 Å². The summed E-state index contributed by atoms with van der Waals surface area (Å²) in [6, 6.07) is 8.90. The summed E-state index contributed by atoms with van der Waals surface area (Å²) in [5, 5.41) is 3.68. The fourth-order valence-electron chi connectivity index (χ4n) is 2.96. The number of aryl methyl sites for hydroxylation is 1. The quantitative estimate of drug-likeness (QED) is 0.780. The molecule has 4 rings (SSSR count). The Morgan fingerprint density at radius 1 is 1.00 bits per heavy atom. The molecule has 18 heavy (non-hydrogen) atoms. The Labute approximate surface area is 112 Å². The standard InChI is InChI=1S/C16H17NS/c1-2-4-13-9-14(8-5-11(13)3-1)16-17-15(10-18-16)12-6-7-12/h1-4,10,12,14H,5-9H2. The van der Waals surface area contributed by atoms with E-state index < -0.39 is 0 Å². The van der Waals surface area contributed by atoms with Crippen molar-refractivity contribution in [3.05, 3.63) is 51.5 Å². The van der Waals surface area contributed by atoms with Gasteiger partial charge in [0.2, 0.25) is 0 Å². The maximum atomic E-state index is 4.89. The van der Waals surface area contributed by atoms with Gasteiger partial charge in [-0.2, -0.15) is 0 Å². The molecule has 1 aromatic carbocycles. The van der Waals surface area contributed by atoms with E-state index in [2.05, 4.69) is 29.6 Å². The van der Waals surface area contributed by atoms with Gasteiger partial charge in [-0.25, -0.2) is 4.98 Å². The van der Waals surface area contributed by atoms with Crippen LogP contribution in [-0.4, -0.2) is 4.98 Å². The first-order valence-corrected chi connectivity index (χ1v) is 7.80. The summed E-state index contributed by atoms with van der Waals surface area (Å²) in [6.45, 7) is 0. The first-order chi connectivity index (χ1) is 8.90. The van der Waals surface area contributed by atoms with Crippen molar-refractivity contribution in [2.75, 3.05) is 0 Å². The number of hydrogen-bond donors (Lipinski definition) is 0. The number of fused-ring (bicyclic) bond motifs is 1. The van der Waals surface area contributed by atoms with Crippen molar-refractivity contribution >= 4 is 11.3 Å². The second-order valence-electron chi connectivity index (χ2n) is 5.59. The van der Waals surface area contributed by atoms with Gasteiger partial charge in [0.1, 0.15) is 0 Å². The smallest absolute Gasteiger partial charge is 0.0962 e. The van der Waals surface area contributed by atoms with Crippen molar-refractivity contribution in [1.82, 2.24) is 4.98 Å². The highest BCUT2D eigenvalue weighted by Gasteiger charge is 2.28. The molecule has 1 aromatic heterocycles. The Balaban J connectivity index is 1.59. The first-order valence-electron chi connectivity index (χ1n) is 6.92. The highest BCUT2D eigenvalue weighted by atomic mass is 32.1. The van der Waals surface area contributed by atoms with Gasteiger partial charge in [-0.15, -0.1) is 11.3 Å². The molecular formula is C16H17NS. The van der Waals surface area contributed by atoms with E-state index in [4.69, 9.17) is 4.98 Å². The molecule has 1 heterocycles. The number of rotatable bonds is 2. The molecule has 0 spiro atoms. The van der Waals surface area contributed by atoms with Gasteiger partial charge >= 0.3 is 0 Å². The van der Waals surface area contributed by atoms with Crippen LogP contribution < -0.4 is 0 Å². The molecule has 92 valence electrons. The minimum absolute atomic E-state index is 0.664. The lowest BCUT2D eigenvalue weighted by Gasteiger charge is -2.22. The van der Waals surface area contributed by atoms with Gasteiger partial charge in [-0.1, -0.05) is 24.3 Å². The molecule has 0 bridgehead atoms. The molecular weight excluding hydrogens is 238 g/mol. The number of thiazole rings is 1. The number of hydrogen-bond acceptors (Lipinski definition) is 2. The maximum Gasteiger partial charge on any atom is 0.0962 e. The van der Waals surface area contributed by atoms with Crippen LogP contribution in [0.3, 0.4) is 0 Å². The monoisotopic (exact) mass is 255 g/mol. The van der Waals surface area contributed by atoms with Crippen LogP contribution in [0.2, 0.25) is 0 Å². The van der Waals surface area contributed by atoms with E-state index in [-0.39, 0.29) is 0 Å². The average Bonchev–Trinajstić information content (AvgIpc) is 3.16. The third-order valence-corrected chi connectivity index (χ3v) is 5.26. The van der Waals surface area contributed by atoms with Crippen LogP contribution in [0.15, 0.2) is 29.6 Å². The SMILES string of the molecule is c1ccc2c(c1)CCC(c1nc(C3CC3)cs1)C2. The van der Waals surface area contributed by atoms with Crippen LogP contribution in [0.4, 0.5) is 0 Å². The van der Waals surface area contributed by atoms with Crippen molar-refractivity contribution < 1.29 is 0 Å².